The van der Waals surface area contributed by atoms with E-state index in [1.165, 1.54) is 7.11 Å². The number of ether oxygens (including phenoxy) is 3. The van der Waals surface area contributed by atoms with Gasteiger partial charge in [0.05, 0.1) is 19.6 Å². The third kappa shape index (κ3) is 6.26. The van der Waals surface area contributed by atoms with Crippen LogP contribution in [-0.4, -0.2) is 44.8 Å². The Hall–Kier alpha value is -2.28. The summed E-state index contributed by atoms with van der Waals surface area (Å²) in [4.78, 5) is 23.4. The first-order chi connectivity index (χ1) is 12.1. The molecule has 7 heteroatoms. The molecule has 0 saturated carbocycles. The number of hydrogen-bond acceptors (Lipinski definition) is 5. The van der Waals surface area contributed by atoms with Crippen molar-refractivity contribution in [2.75, 3.05) is 26.9 Å². The third-order valence-electron chi connectivity index (χ3n) is 3.89. The second kappa shape index (κ2) is 9.88. The zero-order chi connectivity index (χ0) is 18.1. The van der Waals surface area contributed by atoms with E-state index in [9.17, 15) is 9.59 Å². The molecule has 1 saturated heterocycles. The molecule has 0 spiro atoms. The Bertz CT molecular complexity index is 585. The van der Waals surface area contributed by atoms with Gasteiger partial charge >= 0.3 is 0 Å². The fraction of sp³-hybridized carbons (Fsp3) is 0.556. The van der Waals surface area contributed by atoms with Gasteiger partial charge < -0.3 is 24.8 Å². The minimum absolute atomic E-state index is 0.0255. The average Bonchev–Trinajstić information content (AvgIpc) is 3.11. The normalized spacial score (nSPS) is 16.3. The number of rotatable bonds is 9. The van der Waals surface area contributed by atoms with E-state index in [1.807, 2.05) is 13.0 Å². The fourth-order valence-electron chi connectivity index (χ4n) is 2.62. The van der Waals surface area contributed by atoms with Crippen LogP contribution in [0.1, 0.15) is 31.7 Å². The van der Waals surface area contributed by atoms with Crippen LogP contribution in [0.25, 0.3) is 0 Å². The molecule has 25 heavy (non-hydrogen) atoms. The van der Waals surface area contributed by atoms with E-state index in [0.717, 1.165) is 25.0 Å². The van der Waals surface area contributed by atoms with Crippen LogP contribution in [0.3, 0.4) is 0 Å². The van der Waals surface area contributed by atoms with Gasteiger partial charge in [-0.2, -0.15) is 0 Å². The molecule has 2 rings (SSSR count). The Balaban J connectivity index is 1.84. The first kappa shape index (κ1) is 19.1. The molecule has 1 atom stereocenters. The van der Waals surface area contributed by atoms with Crippen LogP contribution in [0.4, 0.5) is 0 Å². The molecule has 7 nitrogen and oxygen atoms in total. The molecule has 1 aliphatic rings. The summed E-state index contributed by atoms with van der Waals surface area (Å²) in [5.41, 5.74) is 0.892. The fourth-order valence-corrected chi connectivity index (χ4v) is 2.62. The van der Waals surface area contributed by atoms with E-state index < -0.39 is 0 Å². The van der Waals surface area contributed by atoms with Crippen molar-refractivity contribution in [3.63, 3.8) is 0 Å². The number of carbonyl (C=O) groups is 2. The molecular formula is C18H26N2O5. The monoisotopic (exact) mass is 350 g/mol. The lowest BCUT2D eigenvalue weighted by Gasteiger charge is -2.13. The van der Waals surface area contributed by atoms with E-state index in [1.54, 1.807) is 12.1 Å². The van der Waals surface area contributed by atoms with Gasteiger partial charge in [0.1, 0.15) is 0 Å². The van der Waals surface area contributed by atoms with Gasteiger partial charge in [-0.15, -0.1) is 0 Å². The zero-order valence-corrected chi connectivity index (χ0v) is 14.8. The minimum Gasteiger partial charge on any atom is -0.493 e. The van der Waals surface area contributed by atoms with Gasteiger partial charge in [0.25, 0.3) is 5.91 Å². The Morgan fingerprint density at radius 2 is 2.08 bits per heavy atom. The van der Waals surface area contributed by atoms with Crippen molar-refractivity contribution < 1.29 is 23.8 Å². The summed E-state index contributed by atoms with van der Waals surface area (Å²) in [6, 6.07) is 5.36. The van der Waals surface area contributed by atoms with Crippen LogP contribution in [0.15, 0.2) is 18.2 Å². The molecule has 2 amide bonds. The van der Waals surface area contributed by atoms with Crippen molar-refractivity contribution in [3.8, 4) is 11.5 Å². The van der Waals surface area contributed by atoms with Crippen molar-refractivity contribution in [1.82, 2.24) is 10.6 Å². The summed E-state index contributed by atoms with van der Waals surface area (Å²) in [7, 11) is 1.54. The van der Waals surface area contributed by atoms with Crippen LogP contribution in [0, 0.1) is 0 Å². The molecule has 1 aromatic rings. The number of amides is 2. The summed E-state index contributed by atoms with van der Waals surface area (Å²) in [6.45, 7) is 3.48. The smallest absolute Gasteiger partial charge is 0.257 e. The predicted octanol–water partition coefficient (Wildman–Crippen LogP) is 1.40. The van der Waals surface area contributed by atoms with E-state index >= 15 is 0 Å². The summed E-state index contributed by atoms with van der Waals surface area (Å²) in [5, 5.41) is 5.55. The van der Waals surface area contributed by atoms with Crippen LogP contribution in [0.2, 0.25) is 0 Å². The quantitative estimate of drug-likeness (QED) is 0.703. The molecule has 1 aliphatic heterocycles. The molecule has 0 bridgehead atoms. The van der Waals surface area contributed by atoms with Gasteiger partial charge in [-0.1, -0.05) is 6.07 Å². The van der Waals surface area contributed by atoms with E-state index in [0.29, 0.717) is 31.0 Å². The van der Waals surface area contributed by atoms with E-state index in [-0.39, 0.29) is 24.5 Å². The van der Waals surface area contributed by atoms with Gasteiger partial charge in [-0.05, 0) is 37.5 Å². The molecule has 0 aliphatic carbocycles. The van der Waals surface area contributed by atoms with Crippen molar-refractivity contribution in [2.45, 2.75) is 38.8 Å². The van der Waals surface area contributed by atoms with Gasteiger partial charge in [0.15, 0.2) is 18.1 Å². The van der Waals surface area contributed by atoms with Crippen molar-refractivity contribution in [3.05, 3.63) is 23.8 Å². The maximum atomic E-state index is 11.9. The average molecular weight is 350 g/mol. The maximum Gasteiger partial charge on any atom is 0.257 e. The number of methoxy groups -OCH3 is 1. The number of carbonyl (C=O) groups excluding carboxylic acids is 2. The largest absolute Gasteiger partial charge is 0.493 e. The number of likely N-dealkylation sites (N-methyl/N-ethyl adjacent to an activating group) is 1. The van der Waals surface area contributed by atoms with Gasteiger partial charge in [-0.25, -0.2) is 0 Å². The molecule has 138 valence electrons. The molecule has 1 heterocycles. The summed E-state index contributed by atoms with van der Waals surface area (Å²) >= 11 is 0. The van der Waals surface area contributed by atoms with Gasteiger partial charge in [0.2, 0.25) is 5.91 Å². The Morgan fingerprint density at radius 1 is 1.24 bits per heavy atom. The van der Waals surface area contributed by atoms with E-state index in [4.69, 9.17) is 14.2 Å². The first-order valence-electron chi connectivity index (χ1n) is 8.57. The molecule has 1 fully saturated rings. The van der Waals surface area contributed by atoms with Crippen molar-refractivity contribution >= 4 is 11.8 Å². The van der Waals surface area contributed by atoms with Crippen LogP contribution < -0.4 is 20.1 Å². The highest BCUT2D eigenvalue weighted by molar-refractivity contribution is 5.77. The SMILES string of the molecule is CCNC(=O)COc1ccc(CNC(=O)CC2CCCO2)cc1OC. The summed E-state index contributed by atoms with van der Waals surface area (Å²) < 4.78 is 16.2. The van der Waals surface area contributed by atoms with Crippen LogP contribution in [0.5, 0.6) is 11.5 Å². The lowest BCUT2D eigenvalue weighted by atomic mass is 10.1. The Kier molecular flexibility index (Phi) is 7.53. The van der Waals surface area contributed by atoms with Gasteiger partial charge in [-0.3, -0.25) is 9.59 Å². The number of benzene rings is 1. The first-order valence-corrected chi connectivity index (χ1v) is 8.57. The molecular weight excluding hydrogens is 324 g/mol. The molecule has 2 N–H and O–H groups in total. The Morgan fingerprint density at radius 3 is 2.76 bits per heavy atom. The second-order valence-corrected chi connectivity index (χ2v) is 5.84. The highest BCUT2D eigenvalue weighted by Gasteiger charge is 2.19. The highest BCUT2D eigenvalue weighted by atomic mass is 16.5. The van der Waals surface area contributed by atoms with Crippen molar-refractivity contribution in [2.24, 2.45) is 0 Å². The highest BCUT2D eigenvalue weighted by Crippen LogP contribution is 2.28. The topological polar surface area (TPSA) is 85.9 Å². The lowest BCUT2D eigenvalue weighted by Crippen LogP contribution is -2.28. The lowest BCUT2D eigenvalue weighted by molar-refractivity contribution is -0.124. The van der Waals surface area contributed by atoms with Crippen LogP contribution >= 0.6 is 0 Å². The molecule has 1 unspecified atom stereocenters. The standard InChI is InChI=1S/C18H26N2O5/c1-3-19-18(22)12-25-15-7-6-13(9-16(15)23-2)11-20-17(21)10-14-5-4-8-24-14/h6-7,9,14H,3-5,8,10-12H2,1-2H3,(H,19,22)(H,20,21). The predicted molar refractivity (Wildman–Crippen MR) is 92.6 cm³/mol. The van der Waals surface area contributed by atoms with Crippen LogP contribution in [-0.2, 0) is 20.9 Å². The molecule has 1 aromatic carbocycles. The molecule has 0 aromatic heterocycles. The maximum absolute atomic E-state index is 11.9. The van der Waals surface area contributed by atoms with Crippen molar-refractivity contribution in [1.29, 1.82) is 0 Å². The summed E-state index contributed by atoms with van der Waals surface area (Å²) in [5.74, 6) is 0.802. The Labute approximate surface area is 148 Å². The number of nitrogens with one attached hydrogen (secondary N) is 2. The summed E-state index contributed by atoms with van der Waals surface area (Å²) in [6.07, 6.45) is 2.40. The second-order valence-electron chi connectivity index (χ2n) is 5.84. The third-order valence-corrected chi connectivity index (χ3v) is 3.89. The van der Waals surface area contributed by atoms with E-state index in [2.05, 4.69) is 10.6 Å². The number of hydrogen-bond donors (Lipinski definition) is 2. The molecule has 0 radical (unpaired) electrons. The zero-order valence-electron chi connectivity index (χ0n) is 14.8. The van der Waals surface area contributed by atoms with Gasteiger partial charge in [0, 0.05) is 19.7 Å². The minimum atomic E-state index is -0.185.